The van der Waals surface area contributed by atoms with E-state index in [1.54, 1.807) is 6.20 Å². The smallest absolute Gasteiger partial charge is 0.225 e. The van der Waals surface area contributed by atoms with Crippen LogP contribution in [0.25, 0.3) is 10.9 Å². The van der Waals surface area contributed by atoms with Crippen molar-refractivity contribution in [2.24, 2.45) is 17.3 Å². The molecule has 2 aliphatic rings. The number of aromatic amines is 1. The number of nitrogens with one attached hydrogen (secondary N) is 1. The molecule has 1 saturated carbocycles. The fraction of sp³-hybridized carbons (Fsp3) is 0.600. The predicted octanol–water partition coefficient (Wildman–Crippen LogP) is 4.06. The third-order valence-corrected chi connectivity index (χ3v) is 6.71. The van der Waals surface area contributed by atoms with Gasteiger partial charge < -0.3 is 10.0 Å². The molecule has 2 fully saturated rings. The first-order valence-corrected chi connectivity index (χ1v) is 9.96. The predicted molar refractivity (Wildman–Crippen MR) is 102 cm³/mol. The molecule has 2 heterocycles. The Morgan fingerprint density at radius 3 is 2.67 bits per heavy atom. The number of hydrogen-bond donors (Lipinski definition) is 2. The summed E-state index contributed by atoms with van der Waals surface area (Å²) >= 11 is 6.05. The number of aliphatic hydroxyl groups excluding tert-OH is 1. The fourth-order valence-corrected chi connectivity index (χ4v) is 4.56. The molecular formula is C20H25ClFN3O2. The summed E-state index contributed by atoms with van der Waals surface area (Å²) in [5.41, 5.74) is 0.0912. The van der Waals surface area contributed by atoms with Crippen LogP contribution in [0.4, 0.5) is 4.39 Å². The SMILES string of the molecule is CC(C)(C1CCN(C(=O)C2CC2)CC1)[C@H](O)c1c(F)c(Cl)cc2cn[nH]c12. The van der Waals surface area contributed by atoms with Crippen molar-refractivity contribution >= 4 is 28.4 Å². The van der Waals surface area contributed by atoms with E-state index < -0.39 is 17.3 Å². The summed E-state index contributed by atoms with van der Waals surface area (Å²) < 4.78 is 14.8. The minimum atomic E-state index is -1.03. The molecular weight excluding hydrogens is 369 g/mol. The summed E-state index contributed by atoms with van der Waals surface area (Å²) in [6.07, 6.45) is 4.17. The van der Waals surface area contributed by atoms with Crippen LogP contribution in [0.15, 0.2) is 12.3 Å². The van der Waals surface area contributed by atoms with Crippen LogP contribution in [-0.2, 0) is 4.79 Å². The Kier molecular flexibility index (Phi) is 4.67. The normalized spacial score (nSPS) is 20.3. The number of carbonyl (C=O) groups excluding carboxylic acids is 1. The maximum Gasteiger partial charge on any atom is 0.225 e. The largest absolute Gasteiger partial charge is 0.388 e. The number of likely N-dealkylation sites (tertiary alicyclic amines) is 1. The molecule has 4 rings (SSSR count). The van der Waals surface area contributed by atoms with Crippen LogP contribution < -0.4 is 0 Å². The summed E-state index contributed by atoms with van der Waals surface area (Å²) in [5.74, 6) is 0.0728. The number of nitrogens with zero attached hydrogens (tertiary/aromatic N) is 2. The van der Waals surface area contributed by atoms with Crippen LogP contribution in [0.3, 0.4) is 0 Å². The third kappa shape index (κ3) is 3.23. The topological polar surface area (TPSA) is 69.2 Å². The lowest BCUT2D eigenvalue weighted by Crippen LogP contribution is -2.44. The van der Waals surface area contributed by atoms with Gasteiger partial charge in [0.1, 0.15) is 5.82 Å². The molecule has 1 amide bonds. The minimum Gasteiger partial charge on any atom is -0.388 e. The first kappa shape index (κ1) is 18.7. The van der Waals surface area contributed by atoms with Crippen LogP contribution in [0.5, 0.6) is 0 Å². The summed E-state index contributed by atoms with van der Waals surface area (Å²) in [5, 5.41) is 18.6. The molecule has 2 aromatic rings. The number of aromatic nitrogens is 2. The zero-order valence-electron chi connectivity index (χ0n) is 15.6. The van der Waals surface area contributed by atoms with Crippen LogP contribution in [0.1, 0.15) is 51.2 Å². The lowest BCUT2D eigenvalue weighted by atomic mass is 9.68. The van der Waals surface area contributed by atoms with E-state index >= 15 is 0 Å². The summed E-state index contributed by atoms with van der Waals surface area (Å²) in [6, 6.07) is 1.51. The summed E-state index contributed by atoms with van der Waals surface area (Å²) in [7, 11) is 0. The van der Waals surface area contributed by atoms with Crippen molar-refractivity contribution in [1.82, 2.24) is 15.1 Å². The van der Waals surface area contributed by atoms with Gasteiger partial charge in [-0.1, -0.05) is 25.4 Å². The van der Waals surface area contributed by atoms with Gasteiger partial charge in [0.2, 0.25) is 5.91 Å². The van der Waals surface area contributed by atoms with Gasteiger partial charge in [0.15, 0.2) is 0 Å². The van der Waals surface area contributed by atoms with Crippen molar-refractivity contribution in [3.05, 3.63) is 28.7 Å². The van der Waals surface area contributed by atoms with Crippen LogP contribution in [0, 0.1) is 23.1 Å². The van der Waals surface area contributed by atoms with E-state index in [2.05, 4.69) is 10.2 Å². The molecule has 0 radical (unpaired) electrons. The molecule has 2 N–H and O–H groups in total. The highest BCUT2D eigenvalue weighted by atomic mass is 35.5. The van der Waals surface area contributed by atoms with Crippen molar-refractivity contribution in [1.29, 1.82) is 0 Å². The zero-order valence-corrected chi connectivity index (χ0v) is 16.4. The molecule has 27 heavy (non-hydrogen) atoms. The molecule has 5 nitrogen and oxygen atoms in total. The van der Waals surface area contributed by atoms with Gasteiger partial charge in [0.25, 0.3) is 0 Å². The highest BCUT2D eigenvalue weighted by Crippen LogP contribution is 2.47. The Labute approximate surface area is 162 Å². The monoisotopic (exact) mass is 393 g/mol. The van der Waals surface area contributed by atoms with Gasteiger partial charge in [-0.15, -0.1) is 0 Å². The molecule has 1 aromatic heterocycles. The fourth-order valence-electron chi connectivity index (χ4n) is 4.34. The Morgan fingerprint density at radius 1 is 1.37 bits per heavy atom. The first-order chi connectivity index (χ1) is 12.8. The highest BCUT2D eigenvalue weighted by molar-refractivity contribution is 6.31. The summed E-state index contributed by atoms with van der Waals surface area (Å²) in [6.45, 7) is 5.33. The molecule has 1 aromatic carbocycles. The number of carbonyl (C=O) groups is 1. The van der Waals surface area contributed by atoms with Gasteiger partial charge in [-0.25, -0.2) is 4.39 Å². The van der Waals surface area contributed by atoms with E-state index in [0.29, 0.717) is 24.0 Å². The molecule has 1 aliphatic carbocycles. The van der Waals surface area contributed by atoms with Gasteiger partial charge >= 0.3 is 0 Å². The third-order valence-electron chi connectivity index (χ3n) is 6.43. The zero-order chi connectivity index (χ0) is 19.3. The maximum atomic E-state index is 14.8. The van der Waals surface area contributed by atoms with Crippen LogP contribution in [-0.4, -0.2) is 39.2 Å². The number of aliphatic hydroxyl groups is 1. The van der Waals surface area contributed by atoms with Crippen LogP contribution >= 0.6 is 11.6 Å². The molecule has 1 aliphatic heterocycles. The molecule has 146 valence electrons. The van der Waals surface area contributed by atoms with E-state index in [9.17, 15) is 14.3 Å². The van der Waals surface area contributed by atoms with Crippen molar-refractivity contribution in [3.8, 4) is 0 Å². The van der Waals surface area contributed by atoms with Crippen molar-refractivity contribution < 1.29 is 14.3 Å². The van der Waals surface area contributed by atoms with Gasteiger partial charge in [-0.3, -0.25) is 9.89 Å². The van der Waals surface area contributed by atoms with Crippen molar-refractivity contribution in [3.63, 3.8) is 0 Å². The second-order valence-corrected chi connectivity index (χ2v) is 8.93. The number of amides is 1. The molecule has 0 bridgehead atoms. The maximum absolute atomic E-state index is 14.8. The average Bonchev–Trinajstić information content (AvgIpc) is 3.41. The van der Waals surface area contributed by atoms with Gasteiger partial charge in [0, 0.05) is 30.0 Å². The Morgan fingerprint density at radius 2 is 2.04 bits per heavy atom. The van der Waals surface area contributed by atoms with Gasteiger partial charge in [-0.05, 0) is 43.1 Å². The minimum absolute atomic E-state index is 0.0152. The van der Waals surface area contributed by atoms with E-state index in [-0.39, 0.29) is 28.3 Å². The molecule has 0 spiro atoms. The number of halogens is 2. The number of rotatable bonds is 4. The average molecular weight is 394 g/mol. The van der Waals surface area contributed by atoms with E-state index in [4.69, 9.17) is 11.6 Å². The van der Waals surface area contributed by atoms with Gasteiger partial charge in [0.05, 0.1) is 22.8 Å². The number of hydrogen-bond acceptors (Lipinski definition) is 3. The standard InChI is InChI=1S/C20H25ClFN3O2/c1-20(2,13-5-7-25(8-6-13)19(27)11-3-4-11)18(26)15-16(22)14(21)9-12-10-23-24-17(12)15/h9-11,13,18,26H,3-8H2,1-2H3,(H,23,24)/t18-/m1/s1. The first-order valence-electron chi connectivity index (χ1n) is 9.58. The summed E-state index contributed by atoms with van der Waals surface area (Å²) in [4.78, 5) is 14.2. The molecule has 1 saturated heterocycles. The highest BCUT2D eigenvalue weighted by Gasteiger charge is 2.43. The van der Waals surface area contributed by atoms with E-state index in [1.165, 1.54) is 6.07 Å². The van der Waals surface area contributed by atoms with E-state index in [1.807, 2.05) is 18.7 Å². The van der Waals surface area contributed by atoms with Crippen molar-refractivity contribution in [2.45, 2.75) is 45.6 Å². The second-order valence-electron chi connectivity index (χ2n) is 8.52. The number of benzene rings is 1. The lowest BCUT2D eigenvalue weighted by Gasteiger charge is -2.43. The molecule has 0 unspecified atom stereocenters. The van der Waals surface area contributed by atoms with Gasteiger partial charge in [-0.2, -0.15) is 5.10 Å². The number of fused-ring (bicyclic) bond motifs is 1. The quantitative estimate of drug-likeness (QED) is 0.822. The Bertz CT molecular complexity index is 869. The number of H-pyrrole nitrogens is 1. The number of piperidine rings is 1. The Hall–Kier alpha value is -1.66. The van der Waals surface area contributed by atoms with Crippen LogP contribution in [0.2, 0.25) is 5.02 Å². The second kappa shape index (κ2) is 6.74. The Balaban J connectivity index is 1.56. The van der Waals surface area contributed by atoms with E-state index in [0.717, 1.165) is 25.7 Å². The van der Waals surface area contributed by atoms with Crippen molar-refractivity contribution in [2.75, 3.05) is 13.1 Å². The molecule has 1 atom stereocenters. The molecule has 7 heteroatoms. The lowest BCUT2D eigenvalue weighted by molar-refractivity contribution is -0.135.